The Labute approximate surface area is 202 Å². The van der Waals surface area contributed by atoms with Crippen LogP contribution >= 0.6 is 0 Å². The van der Waals surface area contributed by atoms with Gasteiger partial charge in [0, 0.05) is 62.8 Å². The number of carbonyl (C=O) groups excluding carboxylic acids is 1. The van der Waals surface area contributed by atoms with Gasteiger partial charge in [-0.3, -0.25) is 24.6 Å². The Morgan fingerprint density at radius 3 is 2.51 bits per heavy atom. The topological polar surface area (TPSA) is 114 Å². The summed E-state index contributed by atoms with van der Waals surface area (Å²) >= 11 is 0. The van der Waals surface area contributed by atoms with Crippen molar-refractivity contribution >= 4 is 17.3 Å². The Kier molecular flexibility index (Phi) is 7.21. The van der Waals surface area contributed by atoms with E-state index in [1.807, 2.05) is 0 Å². The van der Waals surface area contributed by atoms with Crippen LogP contribution < -0.4 is 15.6 Å². The van der Waals surface area contributed by atoms with Crippen molar-refractivity contribution in [3.8, 4) is 5.69 Å². The number of hydrogen-bond donors (Lipinski definition) is 1. The van der Waals surface area contributed by atoms with Gasteiger partial charge in [-0.05, 0) is 37.6 Å². The van der Waals surface area contributed by atoms with Gasteiger partial charge in [-0.1, -0.05) is 24.3 Å². The number of amides is 1. The Bertz CT molecular complexity index is 1300. The first-order valence-corrected chi connectivity index (χ1v) is 11.5. The van der Waals surface area contributed by atoms with Gasteiger partial charge in [-0.25, -0.2) is 4.68 Å². The van der Waals surface area contributed by atoms with Gasteiger partial charge >= 0.3 is 0 Å². The average molecular weight is 477 g/mol. The number of carbonyl (C=O) groups is 1. The van der Waals surface area contributed by atoms with Crippen molar-refractivity contribution in [2.24, 2.45) is 0 Å². The summed E-state index contributed by atoms with van der Waals surface area (Å²) in [6, 6.07) is 15.8. The number of nitrogens with zero attached hydrogens (tertiary/aromatic N) is 5. The minimum atomic E-state index is -0.597. The summed E-state index contributed by atoms with van der Waals surface area (Å²) in [5.74, 6) is -0.597. The van der Waals surface area contributed by atoms with Gasteiger partial charge in [-0.2, -0.15) is 5.10 Å². The summed E-state index contributed by atoms with van der Waals surface area (Å²) in [5, 5.41) is 18.4. The number of anilines is 1. The van der Waals surface area contributed by atoms with Gasteiger partial charge < -0.3 is 10.2 Å². The van der Waals surface area contributed by atoms with Crippen molar-refractivity contribution in [2.45, 2.75) is 13.8 Å². The van der Waals surface area contributed by atoms with Crippen LogP contribution in [0.2, 0.25) is 0 Å². The number of aryl methyl sites for hydroxylation is 2. The fourth-order valence-corrected chi connectivity index (χ4v) is 4.21. The molecular formula is C25H28N6O4. The SMILES string of the molecule is Cc1cccc(N2CCN(CCNC(=O)c3nn(-c4ccccc4[N+](=O)[O-])c(C)cc3=O)CC2)c1. The van der Waals surface area contributed by atoms with E-state index in [-0.39, 0.29) is 17.1 Å². The van der Waals surface area contributed by atoms with E-state index in [4.69, 9.17) is 0 Å². The molecular weight excluding hydrogens is 448 g/mol. The lowest BCUT2D eigenvalue weighted by atomic mass is 10.2. The monoisotopic (exact) mass is 476 g/mol. The van der Waals surface area contributed by atoms with Crippen LogP contribution in [0.5, 0.6) is 0 Å². The van der Waals surface area contributed by atoms with Crippen LogP contribution in [0, 0.1) is 24.0 Å². The van der Waals surface area contributed by atoms with E-state index in [0.717, 1.165) is 26.2 Å². The zero-order valence-corrected chi connectivity index (χ0v) is 19.8. The third-order valence-corrected chi connectivity index (χ3v) is 6.08. The number of nitrogens with one attached hydrogen (secondary N) is 1. The van der Waals surface area contributed by atoms with Gasteiger partial charge in [0.2, 0.25) is 5.43 Å². The molecule has 2 aromatic carbocycles. The highest BCUT2D eigenvalue weighted by Gasteiger charge is 2.21. The molecule has 1 aliphatic rings. The van der Waals surface area contributed by atoms with E-state index >= 15 is 0 Å². The lowest BCUT2D eigenvalue weighted by Gasteiger charge is -2.36. The molecule has 0 unspecified atom stereocenters. The largest absolute Gasteiger partial charge is 0.369 e. The summed E-state index contributed by atoms with van der Waals surface area (Å²) in [5.41, 5.74) is 2.06. The zero-order valence-electron chi connectivity index (χ0n) is 19.8. The van der Waals surface area contributed by atoms with Crippen LogP contribution in [0.15, 0.2) is 59.4 Å². The van der Waals surface area contributed by atoms with Crippen molar-refractivity contribution in [3.05, 3.63) is 91.9 Å². The van der Waals surface area contributed by atoms with Gasteiger partial charge in [0.05, 0.1) is 4.92 Å². The Morgan fingerprint density at radius 2 is 1.80 bits per heavy atom. The second-order valence-corrected chi connectivity index (χ2v) is 8.58. The van der Waals surface area contributed by atoms with E-state index in [1.165, 1.54) is 34.1 Å². The first-order valence-electron chi connectivity index (χ1n) is 11.5. The smallest absolute Gasteiger partial charge is 0.294 e. The first-order chi connectivity index (χ1) is 16.8. The maximum atomic E-state index is 12.7. The van der Waals surface area contributed by atoms with Crippen LogP contribution in [-0.2, 0) is 0 Å². The molecule has 182 valence electrons. The van der Waals surface area contributed by atoms with Crippen molar-refractivity contribution in [3.63, 3.8) is 0 Å². The number of para-hydroxylation sites is 2. The lowest BCUT2D eigenvalue weighted by Crippen LogP contribution is -2.48. The molecule has 0 aliphatic carbocycles. The Balaban J connectivity index is 1.37. The van der Waals surface area contributed by atoms with Gasteiger partial charge in [0.25, 0.3) is 11.6 Å². The lowest BCUT2D eigenvalue weighted by molar-refractivity contribution is -0.384. The third kappa shape index (κ3) is 5.55. The molecule has 0 radical (unpaired) electrons. The number of hydrogen-bond acceptors (Lipinski definition) is 7. The van der Waals surface area contributed by atoms with E-state index in [9.17, 15) is 19.7 Å². The first kappa shape index (κ1) is 24.1. The van der Waals surface area contributed by atoms with Gasteiger partial charge in [0.1, 0.15) is 5.69 Å². The van der Waals surface area contributed by atoms with E-state index in [2.05, 4.69) is 51.4 Å². The molecule has 1 N–H and O–H groups in total. The van der Waals surface area contributed by atoms with E-state index in [1.54, 1.807) is 19.1 Å². The number of rotatable bonds is 7. The standard InChI is InChI=1S/C25H28N6O4/c1-18-6-5-7-20(16-18)29-14-12-28(13-15-29)11-10-26-25(33)24-23(32)17-19(2)30(27-24)21-8-3-4-9-22(21)31(34)35/h3-9,16-17H,10-15H2,1-2H3,(H,26,33). The summed E-state index contributed by atoms with van der Waals surface area (Å²) < 4.78 is 1.26. The number of nitro benzene ring substituents is 1. The highest BCUT2D eigenvalue weighted by Crippen LogP contribution is 2.22. The molecule has 10 nitrogen and oxygen atoms in total. The van der Waals surface area contributed by atoms with Crippen molar-refractivity contribution in [2.75, 3.05) is 44.2 Å². The molecule has 1 aliphatic heterocycles. The molecule has 1 amide bonds. The molecule has 4 rings (SSSR count). The number of piperazine rings is 1. The Hall–Kier alpha value is -4.05. The zero-order chi connectivity index (χ0) is 24.9. The highest BCUT2D eigenvalue weighted by atomic mass is 16.6. The molecule has 1 fully saturated rings. The van der Waals surface area contributed by atoms with Crippen LogP contribution in [0.3, 0.4) is 0 Å². The predicted octanol–water partition coefficient (Wildman–Crippen LogP) is 2.31. The number of nitro groups is 1. The predicted molar refractivity (Wildman–Crippen MR) is 133 cm³/mol. The highest BCUT2D eigenvalue weighted by molar-refractivity contribution is 5.92. The molecule has 0 saturated carbocycles. The molecule has 35 heavy (non-hydrogen) atoms. The molecule has 1 aromatic heterocycles. The third-order valence-electron chi connectivity index (χ3n) is 6.08. The average Bonchev–Trinajstić information content (AvgIpc) is 2.84. The summed E-state index contributed by atoms with van der Waals surface area (Å²) in [7, 11) is 0. The van der Waals surface area contributed by atoms with Crippen LogP contribution in [0.25, 0.3) is 5.69 Å². The maximum Gasteiger partial charge on any atom is 0.294 e. The fourth-order valence-electron chi connectivity index (χ4n) is 4.21. The normalized spacial score (nSPS) is 14.1. The quantitative estimate of drug-likeness (QED) is 0.411. The second kappa shape index (κ2) is 10.5. The molecule has 3 aromatic rings. The van der Waals surface area contributed by atoms with Crippen LogP contribution in [0.1, 0.15) is 21.7 Å². The second-order valence-electron chi connectivity index (χ2n) is 8.58. The molecule has 0 atom stereocenters. The summed E-state index contributed by atoms with van der Waals surface area (Å²) in [6.07, 6.45) is 0. The van der Waals surface area contributed by atoms with Crippen LogP contribution in [0.4, 0.5) is 11.4 Å². The number of benzene rings is 2. The number of aromatic nitrogens is 2. The molecule has 0 spiro atoms. The van der Waals surface area contributed by atoms with Gasteiger partial charge in [-0.15, -0.1) is 0 Å². The molecule has 2 heterocycles. The molecule has 0 bridgehead atoms. The van der Waals surface area contributed by atoms with Crippen molar-refractivity contribution in [1.82, 2.24) is 20.0 Å². The Morgan fingerprint density at radius 1 is 1.06 bits per heavy atom. The van der Waals surface area contributed by atoms with Gasteiger partial charge in [0.15, 0.2) is 5.69 Å². The van der Waals surface area contributed by atoms with Crippen LogP contribution in [-0.4, -0.2) is 64.8 Å². The van der Waals surface area contributed by atoms with Crippen molar-refractivity contribution < 1.29 is 9.72 Å². The minimum absolute atomic E-state index is 0.164. The maximum absolute atomic E-state index is 12.7. The van der Waals surface area contributed by atoms with Crippen molar-refractivity contribution in [1.29, 1.82) is 0 Å². The van der Waals surface area contributed by atoms with E-state index in [0.29, 0.717) is 18.8 Å². The molecule has 1 saturated heterocycles. The molecule has 10 heteroatoms. The van der Waals surface area contributed by atoms with E-state index < -0.39 is 16.3 Å². The minimum Gasteiger partial charge on any atom is -0.369 e. The summed E-state index contributed by atoms with van der Waals surface area (Å²) in [4.78, 5) is 40.7. The fraction of sp³-hybridized carbons (Fsp3) is 0.320. The summed E-state index contributed by atoms with van der Waals surface area (Å²) in [6.45, 7) is 8.26.